The average Bonchev–Trinajstić information content (AvgIpc) is 3.07. The van der Waals surface area contributed by atoms with Gasteiger partial charge in [-0.2, -0.15) is 4.31 Å². The molecule has 2 aromatic rings. The van der Waals surface area contributed by atoms with Crippen LogP contribution in [0.5, 0.6) is 5.75 Å². The molecule has 1 aliphatic rings. The standard InChI is InChI=1S/C25H34N2O4S/c1-19-8-9-20(2)25(21(19)3)31-18-24(28)26-15-14-22-10-12-23(13-11-22)32(29,30)27-16-6-4-5-7-17-27/h8-13H,4-7,14-18H2,1-3H3,(H,26,28). The molecule has 1 N–H and O–H groups in total. The van der Waals surface area contributed by atoms with E-state index < -0.39 is 10.0 Å². The fraction of sp³-hybridized carbons (Fsp3) is 0.480. The van der Waals surface area contributed by atoms with Crippen LogP contribution in [0.15, 0.2) is 41.3 Å². The monoisotopic (exact) mass is 458 g/mol. The smallest absolute Gasteiger partial charge is 0.257 e. The molecule has 1 saturated heterocycles. The second kappa shape index (κ2) is 11.0. The number of benzene rings is 2. The van der Waals surface area contributed by atoms with Crippen LogP contribution in [0.2, 0.25) is 0 Å². The molecule has 1 fully saturated rings. The first-order chi connectivity index (χ1) is 15.3. The van der Waals surface area contributed by atoms with E-state index in [1.54, 1.807) is 16.4 Å². The van der Waals surface area contributed by atoms with Crippen molar-refractivity contribution in [2.24, 2.45) is 0 Å². The molecule has 3 rings (SSSR count). The van der Waals surface area contributed by atoms with Crippen LogP contribution in [0.4, 0.5) is 0 Å². The molecule has 174 valence electrons. The molecule has 2 aromatic carbocycles. The van der Waals surface area contributed by atoms with Gasteiger partial charge in [0.15, 0.2) is 6.61 Å². The third kappa shape index (κ3) is 6.11. The number of sulfonamides is 1. The summed E-state index contributed by atoms with van der Waals surface area (Å²) in [5.74, 6) is 0.590. The fourth-order valence-corrected chi connectivity index (χ4v) is 5.46. The van der Waals surface area contributed by atoms with Gasteiger partial charge >= 0.3 is 0 Å². The van der Waals surface area contributed by atoms with Gasteiger partial charge in [0.25, 0.3) is 5.91 Å². The van der Waals surface area contributed by atoms with E-state index >= 15 is 0 Å². The topological polar surface area (TPSA) is 75.7 Å². The lowest BCUT2D eigenvalue weighted by atomic mass is 10.1. The molecule has 0 spiro atoms. The Hall–Kier alpha value is -2.38. The lowest BCUT2D eigenvalue weighted by Crippen LogP contribution is -2.32. The summed E-state index contributed by atoms with van der Waals surface area (Å²) in [6.07, 6.45) is 4.64. The first kappa shape index (κ1) is 24.3. The SMILES string of the molecule is Cc1ccc(C)c(OCC(=O)NCCc2ccc(S(=O)(=O)N3CCCCCC3)cc2)c1C. The first-order valence-corrected chi connectivity index (χ1v) is 12.8. The molecule has 6 nitrogen and oxygen atoms in total. The molecule has 32 heavy (non-hydrogen) atoms. The molecule has 0 unspecified atom stereocenters. The molecular formula is C25H34N2O4S. The van der Waals surface area contributed by atoms with Gasteiger partial charge in [-0.3, -0.25) is 4.79 Å². The highest BCUT2D eigenvalue weighted by atomic mass is 32.2. The fourth-order valence-electron chi connectivity index (χ4n) is 3.94. The second-order valence-corrected chi connectivity index (χ2v) is 10.4. The van der Waals surface area contributed by atoms with Crippen LogP contribution >= 0.6 is 0 Å². The zero-order valence-electron chi connectivity index (χ0n) is 19.3. The lowest BCUT2D eigenvalue weighted by molar-refractivity contribution is -0.123. The van der Waals surface area contributed by atoms with E-state index in [4.69, 9.17) is 4.74 Å². The maximum atomic E-state index is 12.9. The predicted molar refractivity (Wildman–Crippen MR) is 127 cm³/mol. The van der Waals surface area contributed by atoms with Crippen LogP contribution in [0, 0.1) is 20.8 Å². The number of rotatable bonds is 8. The minimum absolute atomic E-state index is 0.0296. The molecule has 0 bridgehead atoms. The number of nitrogens with zero attached hydrogens (tertiary/aromatic N) is 1. The highest BCUT2D eigenvalue weighted by Crippen LogP contribution is 2.25. The van der Waals surface area contributed by atoms with Crippen molar-refractivity contribution in [3.8, 4) is 5.75 Å². The average molecular weight is 459 g/mol. The number of nitrogens with one attached hydrogen (secondary N) is 1. The maximum Gasteiger partial charge on any atom is 0.257 e. The zero-order valence-corrected chi connectivity index (χ0v) is 20.1. The Morgan fingerprint density at radius 1 is 0.938 bits per heavy atom. The molecule has 0 radical (unpaired) electrons. The number of ether oxygens (including phenoxy) is 1. The molecular weight excluding hydrogens is 424 g/mol. The molecule has 7 heteroatoms. The van der Waals surface area contributed by atoms with E-state index in [9.17, 15) is 13.2 Å². The number of carbonyl (C=O) groups excluding carboxylic acids is 1. The highest BCUT2D eigenvalue weighted by molar-refractivity contribution is 7.89. The first-order valence-electron chi connectivity index (χ1n) is 11.3. The van der Waals surface area contributed by atoms with Crippen molar-refractivity contribution in [1.29, 1.82) is 0 Å². The Morgan fingerprint density at radius 3 is 2.22 bits per heavy atom. The third-order valence-electron chi connectivity index (χ3n) is 6.08. The van der Waals surface area contributed by atoms with Gasteiger partial charge in [0.1, 0.15) is 5.75 Å². The van der Waals surface area contributed by atoms with Crippen LogP contribution in [0.25, 0.3) is 0 Å². The van der Waals surface area contributed by atoms with Gasteiger partial charge in [-0.05, 0) is 74.4 Å². The van der Waals surface area contributed by atoms with Crippen LogP contribution in [-0.2, 0) is 21.2 Å². The van der Waals surface area contributed by atoms with Gasteiger partial charge < -0.3 is 10.1 Å². The van der Waals surface area contributed by atoms with Crippen LogP contribution in [0.1, 0.15) is 47.9 Å². The number of amides is 1. The van der Waals surface area contributed by atoms with Crippen molar-refractivity contribution < 1.29 is 17.9 Å². The maximum absolute atomic E-state index is 12.9. The van der Waals surface area contributed by atoms with Crippen molar-refractivity contribution in [3.05, 3.63) is 58.7 Å². The van der Waals surface area contributed by atoms with E-state index in [-0.39, 0.29) is 12.5 Å². The van der Waals surface area contributed by atoms with Gasteiger partial charge in [-0.1, -0.05) is 37.1 Å². The van der Waals surface area contributed by atoms with Crippen molar-refractivity contribution in [1.82, 2.24) is 9.62 Å². The minimum Gasteiger partial charge on any atom is -0.483 e. The van der Waals surface area contributed by atoms with Gasteiger partial charge in [-0.15, -0.1) is 0 Å². The van der Waals surface area contributed by atoms with Gasteiger partial charge in [0.2, 0.25) is 10.0 Å². The largest absolute Gasteiger partial charge is 0.483 e. The van der Waals surface area contributed by atoms with Crippen molar-refractivity contribution in [2.75, 3.05) is 26.2 Å². The van der Waals surface area contributed by atoms with Crippen LogP contribution in [-0.4, -0.2) is 44.9 Å². The molecule has 0 aromatic heterocycles. The number of hydrogen-bond acceptors (Lipinski definition) is 4. The Bertz CT molecular complexity index is 1020. The molecule has 0 saturated carbocycles. The summed E-state index contributed by atoms with van der Waals surface area (Å²) in [7, 11) is -3.43. The molecule has 0 atom stereocenters. The van der Waals surface area contributed by atoms with E-state index in [2.05, 4.69) is 5.32 Å². The van der Waals surface area contributed by atoms with Crippen LogP contribution in [0.3, 0.4) is 0 Å². The van der Waals surface area contributed by atoms with Crippen molar-refractivity contribution in [2.45, 2.75) is 57.8 Å². The summed E-state index contributed by atoms with van der Waals surface area (Å²) in [6.45, 7) is 7.61. The van der Waals surface area contributed by atoms with E-state index in [0.29, 0.717) is 31.0 Å². The summed E-state index contributed by atoms with van der Waals surface area (Å²) >= 11 is 0. The van der Waals surface area contributed by atoms with E-state index in [1.165, 1.54) is 0 Å². The summed E-state index contributed by atoms with van der Waals surface area (Å²) in [5.41, 5.74) is 4.17. The normalized spacial score (nSPS) is 15.2. The Balaban J connectivity index is 1.48. The highest BCUT2D eigenvalue weighted by Gasteiger charge is 2.24. The van der Waals surface area contributed by atoms with Crippen molar-refractivity contribution in [3.63, 3.8) is 0 Å². The minimum atomic E-state index is -3.43. The summed E-state index contributed by atoms with van der Waals surface area (Å²) < 4.78 is 33.1. The Morgan fingerprint density at radius 2 is 1.56 bits per heavy atom. The number of carbonyl (C=O) groups is 1. The zero-order chi connectivity index (χ0) is 23.1. The predicted octanol–water partition coefficient (Wildman–Crippen LogP) is 3.91. The van der Waals surface area contributed by atoms with Crippen molar-refractivity contribution >= 4 is 15.9 Å². The third-order valence-corrected chi connectivity index (χ3v) is 8.00. The lowest BCUT2D eigenvalue weighted by Gasteiger charge is -2.20. The number of hydrogen-bond donors (Lipinski definition) is 1. The summed E-state index contributed by atoms with van der Waals surface area (Å²) in [6, 6.07) is 11.0. The van der Waals surface area contributed by atoms with Gasteiger partial charge in [0, 0.05) is 19.6 Å². The summed E-state index contributed by atoms with van der Waals surface area (Å²) in [5, 5.41) is 2.87. The molecule has 0 aliphatic carbocycles. The van der Waals surface area contributed by atoms with Gasteiger partial charge in [-0.25, -0.2) is 8.42 Å². The molecule has 1 heterocycles. The second-order valence-electron chi connectivity index (χ2n) is 8.50. The van der Waals surface area contributed by atoms with E-state index in [0.717, 1.165) is 53.7 Å². The summed E-state index contributed by atoms with van der Waals surface area (Å²) in [4.78, 5) is 12.5. The molecule has 1 aliphatic heterocycles. The molecule has 1 amide bonds. The Labute approximate surface area is 192 Å². The van der Waals surface area contributed by atoms with Gasteiger partial charge in [0.05, 0.1) is 4.90 Å². The van der Waals surface area contributed by atoms with Crippen LogP contribution < -0.4 is 10.1 Å². The number of aryl methyl sites for hydroxylation is 2. The quantitative estimate of drug-likeness (QED) is 0.651. The Kier molecular flexibility index (Phi) is 8.32. The van der Waals surface area contributed by atoms with E-state index in [1.807, 2.05) is 45.0 Å².